The fraction of sp³-hybridized carbons (Fsp3) is 0.375. The standard InChI is InChI=1S/C16H18O5/c1-11(17)20-13-8-9-14(10-13)21-16(18)15(19-2)12-6-4-3-5-7-12/h3-9,13-15H,10H2,1-2H3. The number of carbonyl (C=O) groups excluding carboxylic acids is 2. The van der Waals surface area contributed by atoms with Gasteiger partial charge in [0.05, 0.1) is 0 Å². The van der Waals surface area contributed by atoms with Crippen molar-refractivity contribution >= 4 is 11.9 Å². The molecule has 0 aliphatic heterocycles. The van der Waals surface area contributed by atoms with Crippen LogP contribution >= 0.6 is 0 Å². The van der Waals surface area contributed by atoms with E-state index in [-0.39, 0.29) is 12.1 Å². The third-order valence-electron chi connectivity index (χ3n) is 3.14. The summed E-state index contributed by atoms with van der Waals surface area (Å²) < 4.78 is 15.7. The lowest BCUT2D eigenvalue weighted by atomic mass is 10.1. The minimum absolute atomic E-state index is 0.335. The molecule has 0 aromatic heterocycles. The zero-order valence-electron chi connectivity index (χ0n) is 12.0. The van der Waals surface area contributed by atoms with Crippen molar-refractivity contribution in [3.63, 3.8) is 0 Å². The monoisotopic (exact) mass is 290 g/mol. The fourth-order valence-electron chi connectivity index (χ4n) is 2.23. The predicted octanol–water partition coefficient (Wildman–Crippen LogP) is 2.18. The van der Waals surface area contributed by atoms with Gasteiger partial charge in [-0.3, -0.25) is 4.79 Å². The van der Waals surface area contributed by atoms with Crippen molar-refractivity contribution in [1.29, 1.82) is 0 Å². The van der Waals surface area contributed by atoms with Gasteiger partial charge in [-0.05, 0) is 17.7 Å². The van der Waals surface area contributed by atoms with Crippen molar-refractivity contribution in [3.8, 4) is 0 Å². The Morgan fingerprint density at radius 3 is 2.29 bits per heavy atom. The Kier molecular flexibility index (Phi) is 5.11. The van der Waals surface area contributed by atoms with Crippen molar-refractivity contribution in [3.05, 3.63) is 48.0 Å². The maximum atomic E-state index is 12.2. The first-order valence-electron chi connectivity index (χ1n) is 6.74. The molecule has 0 saturated carbocycles. The van der Waals surface area contributed by atoms with Crippen molar-refractivity contribution in [2.45, 2.75) is 31.7 Å². The highest BCUT2D eigenvalue weighted by molar-refractivity contribution is 5.77. The van der Waals surface area contributed by atoms with Crippen LogP contribution < -0.4 is 0 Å². The van der Waals surface area contributed by atoms with Crippen LogP contribution in [0.5, 0.6) is 0 Å². The molecule has 0 saturated heterocycles. The average molecular weight is 290 g/mol. The fourth-order valence-corrected chi connectivity index (χ4v) is 2.23. The molecule has 2 rings (SSSR count). The number of rotatable bonds is 5. The van der Waals surface area contributed by atoms with Crippen LogP contribution in [0.15, 0.2) is 42.5 Å². The average Bonchev–Trinajstić information content (AvgIpc) is 2.87. The first-order valence-corrected chi connectivity index (χ1v) is 6.74. The molecule has 0 spiro atoms. The van der Waals surface area contributed by atoms with E-state index in [4.69, 9.17) is 14.2 Å². The summed E-state index contributed by atoms with van der Waals surface area (Å²) in [5.41, 5.74) is 0.739. The van der Waals surface area contributed by atoms with Crippen molar-refractivity contribution in [1.82, 2.24) is 0 Å². The van der Waals surface area contributed by atoms with Crippen molar-refractivity contribution in [2.75, 3.05) is 7.11 Å². The van der Waals surface area contributed by atoms with Crippen LogP contribution in [0.2, 0.25) is 0 Å². The predicted molar refractivity (Wildman–Crippen MR) is 75.4 cm³/mol. The molecule has 21 heavy (non-hydrogen) atoms. The lowest BCUT2D eigenvalue weighted by Gasteiger charge is -2.18. The molecule has 5 heteroatoms. The summed E-state index contributed by atoms with van der Waals surface area (Å²) in [6, 6.07) is 9.15. The number of ether oxygens (including phenoxy) is 3. The van der Waals surface area contributed by atoms with Crippen LogP contribution in [0.3, 0.4) is 0 Å². The van der Waals surface area contributed by atoms with Crippen molar-refractivity contribution < 1.29 is 23.8 Å². The van der Waals surface area contributed by atoms with Gasteiger partial charge in [0.2, 0.25) is 0 Å². The largest absolute Gasteiger partial charge is 0.458 e. The van der Waals surface area contributed by atoms with Crippen LogP contribution in [0.1, 0.15) is 25.0 Å². The van der Waals surface area contributed by atoms with Gasteiger partial charge in [0.1, 0.15) is 12.2 Å². The van der Waals surface area contributed by atoms with E-state index in [2.05, 4.69) is 0 Å². The molecule has 0 N–H and O–H groups in total. The first kappa shape index (κ1) is 15.3. The molecule has 1 aliphatic rings. The Morgan fingerprint density at radius 1 is 1.10 bits per heavy atom. The van der Waals surface area contributed by atoms with E-state index in [0.717, 1.165) is 5.56 Å². The summed E-state index contributed by atoms with van der Waals surface area (Å²) in [5.74, 6) is -0.808. The molecule has 0 radical (unpaired) electrons. The van der Waals surface area contributed by atoms with Gasteiger partial charge < -0.3 is 14.2 Å². The molecule has 1 aliphatic carbocycles. The summed E-state index contributed by atoms with van der Waals surface area (Å²) in [6.45, 7) is 1.35. The first-order chi connectivity index (χ1) is 10.1. The zero-order chi connectivity index (χ0) is 15.2. The van der Waals surface area contributed by atoms with E-state index in [0.29, 0.717) is 6.42 Å². The Hall–Kier alpha value is -2.14. The molecule has 0 heterocycles. The molecule has 3 unspecified atom stereocenters. The quantitative estimate of drug-likeness (QED) is 0.614. The smallest absolute Gasteiger partial charge is 0.340 e. The van der Waals surface area contributed by atoms with Gasteiger partial charge in [0.25, 0.3) is 0 Å². The number of esters is 2. The summed E-state index contributed by atoms with van der Waals surface area (Å²) in [6.07, 6.45) is 2.40. The third-order valence-corrected chi connectivity index (χ3v) is 3.14. The SMILES string of the molecule is COC(C(=O)OC1C=CC(OC(C)=O)C1)c1ccccc1. The summed E-state index contributed by atoms with van der Waals surface area (Å²) in [4.78, 5) is 23.1. The maximum Gasteiger partial charge on any atom is 0.340 e. The number of benzene rings is 1. The van der Waals surface area contributed by atoms with Gasteiger partial charge in [-0.15, -0.1) is 0 Å². The van der Waals surface area contributed by atoms with Crippen LogP contribution in [-0.2, 0) is 23.8 Å². The number of hydrogen-bond donors (Lipinski definition) is 0. The topological polar surface area (TPSA) is 61.8 Å². The Bertz CT molecular complexity index is 523. The summed E-state index contributed by atoms with van der Waals surface area (Å²) in [5, 5.41) is 0. The van der Waals surface area contributed by atoms with E-state index in [1.165, 1.54) is 14.0 Å². The normalized spacial score (nSPS) is 21.8. The van der Waals surface area contributed by atoms with Gasteiger partial charge in [0.15, 0.2) is 6.10 Å². The van der Waals surface area contributed by atoms with Gasteiger partial charge >= 0.3 is 11.9 Å². The number of hydrogen-bond acceptors (Lipinski definition) is 5. The maximum absolute atomic E-state index is 12.2. The van der Waals surface area contributed by atoms with E-state index in [9.17, 15) is 9.59 Å². The Balaban J connectivity index is 1.92. The molecule has 1 aromatic rings. The summed E-state index contributed by atoms with van der Waals surface area (Å²) in [7, 11) is 1.46. The molecular formula is C16H18O5. The van der Waals surface area contributed by atoms with E-state index >= 15 is 0 Å². The lowest BCUT2D eigenvalue weighted by Crippen LogP contribution is -2.24. The Labute approximate surface area is 123 Å². The van der Waals surface area contributed by atoms with Gasteiger partial charge in [0, 0.05) is 20.5 Å². The third kappa shape index (κ3) is 4.16. The summed E-state index contributed by atoms with van der Waals surface area (Å²) >= 11 is 0. The molecule has 112 valence electrons. The van der Waals surface area contributed by atoms with E-state index in [1.807, 2.05) is 30.3 Å². The molecule has 0 amide bonds. The van der Waals surface area contributed by atoms with Crippen LogP contribution in [0.25, 0.3) is 0 Å². The van der Waals surface area contributed by atoms with Crippen LogP contribution in [0, 0.1) is 0 Å². The molecule has 5 nitrogen and oxygen atoms in total. The number of methoxy groups -OCH3 is 1. The highest BCUT2D eigenvalue weighted by Gasteiger charge is 2.28. The highest BCUT2D eigenvalue weighted by Crippen LogP contribution is 2.23. The lowest BCUT2D eigenvalue weighted by molar-refractivity contribution is -0.160. The van der Waals surface area contributed by atoms with Crippen LogP contribution in [-0.4, -0.2) is 31.3 Å². The van der Waals surface area contributed by atoms with Crippen molar-refractivity contribution in [2.24, 2.45) is 0 Å². The van der Waals surface area contributed by atoms with Crippen LogP contribution in [0.4, 0.5) is 0 Å². The minimum Gasteiger partial charge on any atom is -0.458 e. The second-order valence-electron chi connectivity index (χ2n) is 4.77. The molecule has 0 fully saturated rings. The highest BCUT2D eigenvalue weighted by atomic mass is 16.6. The second kappa shape index (κ2) is 7.04. The van der Waals surface area contributed by atoms with E-state index in [1.54, 1.807) is 12.2 Å². The molecule has 1 aromatic carbocycles. The molecular weight excluding hydrogens is 272 g/mol. The van der Waals surface area contributed by atoms with E-state index < -0.39 is 18.2 Å². The minimum atomic E-state index is -0.757. The molecule has 0 bridgehead atoms. The molecule has 3 atom stereocenters. The number of carbonyl (C=O) groups is 2. The zero-order valence-corrected chi connectivity index (χ0v) is 12.0. The van der Waals surface area contributed by atoms with Gasteiger partial charge in [-0.2, -0.15) is 0 Å². The van der Waals surface area contributed by atoms with Gasteiger partial charge in [-0.1, -0.05) is 30.3 Å². The second-order valence-corrected chi connectivity index (χ2v) is 4.77. The Morgan fingerprint density at radius 2 is 1.71 bits per heavy atom. The van der Waals surface area contributed by atoms with Gasteiger partial charge in [-0.25, -0.2) is 4.79 Å².